The van der Waals surface area contributed by atoms with Gasteiger partial charge in [-0.1, -0.05) is 95.7 Å². The molecule has 0 saturated heterocycles. The van der Waals surface area contributed by atoms with Crippen molar-refractivity contribution in [2.24, 2.45) is 0 Å². The first kappa shape index (κ1) is 22.5. The van der Waals surface area contributed by atoms with Gasteiger partial charge in [-0.05, 0) is 42.0 Å². The van der Waals surface area contributed by atoms with E-state index in [1.807, 2.05) is 78.9 Å². The van der Waals surface area contributed by atoms with Gasteiger partial charge in [0.15, 0.2) is 10.9 Å². The van der Waals surface area contributed by atoms with Gasteiger partial charge in [-0.15, -0.1) is 0 Å². The van der Waals surface area contributed by atoms with Gasteiger partial charge in [0.2, 0.25) is 0 Å². The normalized spacial score (nSPS) is 12.3. The summed E-state index contributed by atoms with van der Waals surface area (Å²) in [7, 11) is -3.89. The predicted octanol–water partition coefficient (Wildman–Crippen LogP) is 8.41. The molecule has 1 heterocycles. The van der Waals surface area contributed by atoms with E-state index in [2.05, 4.69) is 10.3 Å². The molecule has 1 aromatic heterocycles. The Morgan fingerprint density at radius 2 is 1.32 bits per heavy atom. The molecular formula is C26H20ClN2O3PS. The third-order valence-corrected chi connectivity index (χ3v) is 8.26. The average molecular weight is 507 g/mol. The summed E-state index contributed by atoms with van der Waals surface area (Å²) in [5.41, 5.74) is 1.43. The third-order valence-electron chi connectivity index (χ3n) is 5.01. The molecule has 0 fully saturated rings. The van der Waals surface area contributed by atoms with Gasteiger partial charge in [0.25, 0.3) is 0 Å². The second-order valence-electron chi connectivity index (χ2n) is 7.41. The molecule has 0 radical (unpaired) electrons. The molecule has 0 amide bonds. The monoisotopic (exact) mass is 506 g/mol. The number of nitrogens with zero attached hydrogens (tertiary/aromatic N) is 1. The first-order valence-electron chi connectivity index (χ1n) is 10.6. The Morgan fingerprint density at radius 3 is 1.88 bits per heavy atom. The summed E-state index contributed by atoms with van der Waals surface area (Å²) in [6.45, 7) is 0. The number of aromatic nitrogens is 1. The Morgan fingerprint density at radius 1 is 0.765 bits per heavy atom. The summed E-state index contributed by atoms with van der Waals surface area (Å²) in [5, 5.41) is 4.45. The van der Waals surface area contributed by atoms with Gasteiger partial charge in [-0.25, -0.2) is 9.55 Å². The second-order valence-corrected chi connectivity index (χ2v) is 10.8. The summed E-state index contributed by atoms with van der Waals surface area (Å²) in [6, 6.07) is 33.1. The maximum Gasteiger partial charge on any atom is 0.457 e. The fraction of sp³-hybridized carbons (Fsp3) is 0.0385. The average Bonchev–Trinajstić information content (AvgIpc) is 3.28. The van der Waals surface area contributed by atoms with E-state index in [4.69, 9.17) is 20.6 Å². The highest BCUT2D eigenvalue weighted by molar-refractivity contribution is 7.55. The van der Waals surface area contributed by atoms with Gasteiger partial charge in [0.1, 0.15) is 17.0 Å². The van der Waals surface area contributed by atoms with Crippen LogP contribution in [0.2, 0.25) is 5.02 Å². The Hall–Kier alpha value is -3.31. The molecule has 0 spiro atoms. The van der Waals surface area contributed by atoms with Gasteiger partial charge >= 0.3 is 7.60 Å². The van der Waals surface area contributed by atoms with Gasteiger partial charge in [0.05, 0.1) is 9.72 Å². The van der Waals surface area contributed by atoms with Gasteiger partial charge in [0, 0.05) is 0 Å². The molecular weight excluding hydrogens is 487 g/mol. The molecule has 5 rings (SSSR count). The van der Waals surface area contributed by atoms with Crippen LogP contribution in [0.5, 0.6) is 11.5 Å². The van der Waals surface area contributed by atoms with E-state index in [9.17, 15) is 4.57 Å². The number of rotatable bonds is 8. The fourth-order valence-corrected chi connectivity index (χ4v) is 6.63. The first-order chi connectivity index (χ1) is 16.6. The topological polar surface area (TPSA) is 60.5 Å². The molecule has 0 saturated carbocycles. The quantitative estimate of drug-likeness (QED) is 0.214. The number of anilines is 1. The first-order valence-corrected chi connectivity index (χ1v) is 13.4. The van der Waals surface area contributed by atoms with E-state index >= 15 is 0 Å². The van der Waals surface area contributed by atoms with E-state index in [1.165, 1.54) is 11.3 Å². The van der Waals surface area contributed by atoms with Gasteiger partial charge in [-0.3, -0.25) is 0 Å². The van der Waals surface area contributed by atoms with Gasteiger partial charge in [-0.2, -0.15) is 0 Å². The van der Waals surface area contributed by atoms with Gasteiger partial charge < -0.3 is 14.4 Å². The van der Waals surface area contributed by atoms with Crippen LogP contribution >= 0.6 is 30.5 Å². The molecule has 0 bridgehead atoms. The van der Waals surface area contributed by atoms with E-state index in [0.717, 1.165) is 10.3 Å². The lowest BCUT2D eigenvalue weighted by atomic mass is 10.2. The molecule has 5 nitrogen and oxygen atoms in total. The van der Waals surface area contributed by atoms with Crippen molar-refractivity contribution in [2.45, 2.75) is 5.78 Å². The van der Waals surface area contributed by atoms with Crippen molar-refractivity contribution in [3.8, 4) is 11.5 Å². The van der Waals surface area contributed by atoms with Crippen molar-refractivity contribution in [3.63, 3.8) is 0 Å². The molecule has 0 aliphatic rings. The Bertz CT molecular complexity index is 1390. The van der Waals surface area contributed by atoms with E-state index < -0.39 is 13.4 Å². The summed E-state index contributed by atoms with van der Waals surface area (Å²) in [6.07, 6.45) is 0. The van der Waals surface area contributed by atoms with Crippen molar-refractivity contribution in [3.05, 3.63) is 120 Å². The molecule has 170 valence electrons. The lowest BCUT2D eigenvalue weighted by Crippen LogP contribution is -2.18. The van der Waals surface area contributed by atoms with Crippen LogP contribution in [0.1, 0.15) is 11.3 Å². The Kier molecular flexibility index (Phi) is 6.54. The van der Waals surface area contributed by atoms with E-state index in [0.29, 0.717) is 27.2 Å². The molecule has 1 N–H and O–H groups in total. The minimum absolute atomic E-state index is 0.442. The van der Waals surface area contributed by atoms with Crippen molar-refractivity contribution in [2.75, 3.05) is 5.32 Å². The molecule has 0 aliphatic heterocycles. The molecule has 34 heavy (non-hydrogen) atoms. The van der Waals surface area contributed by atoms with Crippen molar-refractivity contribution in [1.29, 1.82) is 0 Å². The van der Waals surface area contributed by atoms with Crippen molar-refractivity contribution >= 4 is 45.9 Å². The molecule has 5 aromatic rings. The largest absolute Gasteiger partial charge is 0.457 e. The van der Waals surface area contributed by atoms with E-state index in [1.54, 1.807) is 30.3 Å². The predicted molar refractivity (Wildman–Crippen MR) is 139 cm³/mol. The lowest BCUT2D eigenvalue weighted by molar-refractivity contribution is 0.376. The zero-order valence-corrected chi connectivity index (χ0v) is 20.3. The maximum absolute atomic E-state index is 14.6. The highest BCUT2D eigenvalue weighted by atomic mass is 35.5. The van der Waals surface area contributed by atoms with Crippen LogP contribution in [0.3, 0.4) is 0 Å². The number of fused-ring (bicyclic) bond motifs is 1. The second kappa shape index (κ2) is 9.90. The molecule has 1 atom stereocenters. The summed E-state index contributed by atoms with van der Waals surface area (Å²) in [4.78, 5) is 4.65. The summed E-state index contributed by atoms with van der Waals surface area (Å²) >= 11 is 7.76. The molecule has 4 aromatic carbocycles. The molecule has 8 heteroatoms. The Balaban J connectivity index is 1.60. The van der Waals surface area contributed by atoms with E-state index in [-0.39, 0.29) is 0 Å². The minimum Gasteiger partial charge on any atom is -0.414 e. The summed E-state index contributed by atoms with van der Waals surface area (Å²) < 4.78 is 27.7. The smallest absolute Gasteiger partial charge is 0.414 e. The number of benzene rings is 4. The van der Waals surface area contributed by atoms with Crippen LogP contribution in [0.15, 0.2) is 109 Å². The highest BCUT2D eigenvalue weighted by Crippen LogP contribution is 2.60. The Labute approximate surface area is 206 Å². The third kappa shape index (κ3) is 4.95. The van der Waals surface area contributed by atoms with Crippen LogP contribution in [-0.4, -0.2) is 4.98 Å². The molecule has 0 aliphatic carbocycles. The van der Waals surface area contributed by atoms with Crippen LogP contribution in [0, 0.1) is 0 Å². The van der Waals surface area contributed by atoms with Crippen LogP contribution in [0.25, 0.3) is 10.2 Å². The summed E-state index contributed by atoms with van der Waals surface area (Å²) in [5.74, 6) is 0.0436. The molecule has 0 unspecified atom stereocenters. The highest BCUT2D eigenvalue weighted by Gasteiger charge is 2.41. The van der Waals surface area contributed by atoms with Crippen molar-refractivity contribution in [1.82, 2.24) is 4.98 Å². The zero-order chi connectivity index (χ0) is 23.4. The standard InChI is InChI=1S/C26H20ClN2O3PS/c27-22-17-10-18-23-24(22)28-26(34-23)29-25(19-11-4-1-5-12-19)33(30,31-20-13-6-2-7-14-20)32-21-15-8-3-9-16-21/h1-18,25H,(H,28,29)/t25-/m1/s1. The van der Waals surface area contributed by atoms with Crippen LogP contribution in [0.4, 0.5) is 5.13 Å². The number of hydrogen-bond donors (Lipinski definition) is 1. The number of nitrogens with one attached hydrogen (secondary N) is 1. The lowest BCUT2D eigenvalue weighted by Gasteiger charge is -2.28. The van der Waals surface area contributed by atoms with Crippen LogP contribution < -0.4 is 14.4 Å². The fourth-order valence-electron chi connectivity index (χ4n) is 3.45. The number of para-hydroxylation sites is 3. The van der Waals surface area contributed by atoms with Crippen LogP contribution in [-0.2, 0) is 4.57 Å². The number of thiazole rings is 1. The SMILES string of the molecule is O=P(Oc1ccccc1)(Oc1ccccc1)[C@@H](Nc1nc2c(Cl)cccc2s1)c1ccccc1. The number of halogens is 1. The van der Waals surface area contributed by atoms with Crippen molar-refractivity contribution < 1.29 is 13.6 Å². The minimum atomic E-state index is -3.89. The maximum atomic E-state index is 14.6. The zero-order valence-electron chi connectivity index (χ0n) is 17.9. The number of hydrogen-bond acceptors (Lipinski definition) is 6.